The Kier molecular flexibility index (Phi) is 3.92. The number of imidazole rings is 1. The molecule has 31 heavy (non-hydrogen) atoms. The standard InChI is InChI=1S/C20H17F2N7O2/c21-17(22)11-2-1-6-29-14(11)8-13(27-29)16-15-12(23-9-24-15)5-7-28(16)20(30)19-26-25-18(31-19)10-3-4-10/h1-2,6,8-10,16-17H,3-5,7H2,(H,23,24)/t16-/m0/s1. The van der Waals surface area contributed by atoms with Gasteiger partial charge in [-0.2, -0.15) is 5.10 Å². The van der Waals surface area contributed by atoms with Gasteiger partial charge in [-0.1, -0.05) is 0 Å². The van der Waals surface area contributed by atoms with E-state index in [0.29, 0.717) is 30.2 Å². The van der Waals surface area contributed by atoms with Crippen LogP contribution in [0, 0.1) is 0 Å². The minimum atomic E-state index is -2.64. The van der Waals surface area contributed by atoms with Crippen LogP contribution in [0.1, 0.15) is 70.4 Å². The van der Waals surface area contributed by atoms with Crippen molar-refractivity contribution < 1.29 is 18.0 Å². The summed E-state index contributed by atoms with van der Waals surface area (Å²) in [6.07, 6.45) is 3.04. The van der Waals surface area contributed by atoms with E-state index >= 15 is 0 Å². The molecule has 1 N–H and O–H groups in total. The van der Waals surface area contributed by atoms with Crippen LogP contribution in [0.15, 0.2) is 35.1 Å². The van der Waals surface area contributed by atoms with Crippen molar-refractivity contribution in [1.29, 1.82) is 0 Å². The number of hydrogen-bond donors (Lipinski definition) is 1. The van der Waals surface area contributed by atoms with E-state index in [2.05, 4.69) is 25.3 Å². The fraction of sp³-hybridized carbons (Fsp3) is 0.350. The van der Waals surface area contributed by atoms with Crippen LogP contribution >= 0.6 is 0 Å². The lowest BCUT2D eigenvalue weighted by molar-refractivity contribution is 0.0644. The quantitative estimate of drug-likeness (QED) is 0.539. The first-order chi connectivity index (χ1) is 15.1. The molecule has 0 unspecified atom stereocenters. The molecule has 6 rings (SSSR count). The molecule has 9 nitrogen and oxygen atoms in total. The lowest BCUT2D eigenvalue weighted by atomic mass is 9.99. The molecule has 1 saturated carbocycles. The second kappa shape index (κ2) is 6.69. The number of hydrogen-bond acceptors (Lipinski definition) is 6. The number of carbonyl (C=O) groups is 1. The zero-order chi connectivity index (χ0) is 21.1. The van der Waals surface area contributed by atoms with Gasteiger partial charge in [0.25, 0.3) is 6.43 Å². The summed E-state index contributed by atoms with van der Waals surface area (Å²) < 4.78 is 34.0. The summed E-state index contributed by atoms with van der Waals surface area (Å²) in [7, 11) is 0. The number of alkyl halides is 2. The van der Waals surface area contributed by atoms with Crippen molar-refractivity contribution in [3.05, 3.63) is 65.1 Å². The Balaban J connectivity index is 1.44. The number of aromatic amines is 1. The summed E-state index contributed by atoms with van der Waals surface area (Å²) in [4.78, 5) is 22.4. The number of rotatable bonds is 4. The summed E-state index contributed by atoms with van der Waals surface area (Å²) in [5.41, 5.74) is 2.11. The molecule has 1 atom stereocenters. The van der Waals surface area contributed by atoms with Crippen LogP contribution in [0.25, 0.3) is 5.52 Å². The number of pyridine rings is 1. The van der Waals surface area contributed by atoms with Gasteiger partial charge in [0, 0.05) is 36.3 Å². The molecule has 5 heterocycles. The van der Waals surface area contributed by atoms with Gasteiger partial charge < -0.3 is 14.3 Å². The van der Waals surface area contributed by atoms with Crippen molar-refractivity contribution >= 4 is 11.4 Å². The van der Waals surface area contributed by atoms with E-state index < -0.39 is 18.4 Å². The molecule has 0 spiro atoms. The van der Waals surface area contributed by atoms with Gasteiger partial charge in [0.05, 0.1) is 23.2 Å². The third-order valence-corrected chi connectivity index (χ3v) is 5.80. The molecule has 11 heteroatoms. The van der Waals surface area contributed by atoms with E-state index in [1.165, 1.54) is 16.6 Å². The Bertz CT molecular complexity index is 1290. The van der Waals surface area contributed by atoms with Crippen LogP contribution in [-0.4, -0.2) is 47.1 Å². The second-order valence-corrected chi connectivity index (χ2v) is 7.80. The summed E-state index contributed by atoms with van der Waals surface area (Å²) in [6.45, 7) is 0.370. The highest BCUT2D eigenvalue weighted by molar-refractivity contribution is 5.90. The van der Waals surface area contributed by atoms with Gasteiger partial charge in [0.15, 0.2) is 0 Å². The highest BCUT2D eigenvalue weighted by Gasteiger charge is 2.39. The Morgan fingerprint density at radius 3 is 2.97 bits per heavy atom. The van der Waals surface area contributed by atoms with Gasteiger partial charge in [0.1, 0.15) is 6.04 Å². The predicted molar refractivity (Wildman–Crippen MR) is 102 cm³/mol. The van der Waals surface area contributed by atoms with Gasteiger partial charge in [-0.3, -0.25) is 4.79 Å². The summed E-state index contributed by atoms with van der Waals surface area (Å²) >= 11 is 0. The van der Waals surface area contributed by atoms with Crippen molar-refractivity contribution in [2.45, 2.75) is 37.6 Å². The summed E-state index contributed by atoms with van der Waals surface area (Å²) in [5.74, 6) is 0.203. The van der Waals surface area contributed by atoms with Crippen LogP contribution in [-0.2, 0) is 6.42 Å². The fourth-order valence-corrected chi connectivity index (χ4v) is 4.11. The minimum Gasteiger partial charge on any atom is -0.417 e. The molecule has 2 aliphatic rings. The van der Waals surface area contributed by atoms with Crippen LogP contribution in [0.3, 0.4) is 0 Å². The number of nitrogens with zero attached hydrogens (tertiary/aromatic N) is 6. The smallest absolute Gasteiger partial charge is 0.312 e. The first-order valence-electron chi connectivity index (χ1n) is 10.0. The number of carbonyl (C=O) groups excluding carboxylic acids is 1. The largest absolute Gasteiger partial charge is 0.417 e. The normalized spacial score (nSPS) is 18.7. The Labute approximate surface area is 174 Å². The Hall–Kier alpha value is -3.63. The fourth-order valence-electron chi connectivity index (χ4n) is 4.11. The molecular formula is C20H17F2N7O2. The van der Waals surface area contributed by atoms with Crippen molar-refractivity contribution in [3.8, 4) is 0 Å². The molecule has 1 aliphatic heterocycles. The molecule has 1 fully saturated rings. The average Bonchev–Trinajstić information content (AvgIpc) is 3.19. The maximum atomic E-state index is 13.5. The molecule has 1 aliphatic carbocycles. The number of H-pyrrole nitrogens is 1. The number of fused-ring (bicyclic) bond motifs is 2. The van der Waals surface area contributed by atoms with E-state index in [0.717, 1.165) is 18.5 Å². The molecule has 4 aromatic heterocycles. The van der Waals surface area contributed by atoms with Gasteiger partial charge in [0.2, 0.25) is 5.89 Å². The highest BCUT2D eigenvalue weighted by atomic mass is 19.3. The monoisotopic (exact) mass is 425 g/mol. The van der Waals surface area contributed by atoms with Crippen LogP contribution < -0.4 is 0 Å². The van der Waals surface area contributed by atoms with E-state index in [1.54, 1.807) is 23.5 Å². The van der Waals surface area contributed by atoms with E-state index in [4.69, 9.17) is 4.42 Å². The van der Waals surface area contributed by atoms with Crippen LogP contribution in [0.4, 0.5) is 8.78 Å². The van der Waals surface area contributed by atoms with Crippen molar-refractivity contribution in [1.82, 2.24) is 34.7 Å². The van der Waals surface area contributed by atoms with E-state index in [1.807, 2.05) is 0 Å². The molecule has 4 aromatic rings. The first-order valence-corrected chi connectivity index (χ1v) is 10.0. The molecule has 0 radical (unpaired) electrons. The second-order valence-electron chi connectivity index (χ2n) is 7.80. The van der Waals surface area contributed by atoms with Gasteiger partial charge in [-0.25, -0.2) is 18.3 Å². The zero-order valence-corrected chi connectivity index (χ0v) is 16.2. The molecular weight excluding hydrogens is 408 g/mol. The van der Waals surface area contributed by atoms with Crippen LogP contribution in [0.2, 0.25) is 0 Å². The van der Waals surface area contributed by atoms with Crippen molar-refractivity contribution in [2.75, 3.05) is 6.54 Å². The summed E-state index contributed by atoms with van der Waals surface area (Å²) in [5, 5.41) is 12.4. The average molecular weight is 425 g/mol. The number of aromatic nitrogens is 6. The van der Waals surface area contributed by atoms with E-state index in [9.17, 15) is 13.6 Å². The lowest BCUT2D eigenvalue weighted by Gasteiger charge is -2.32. The first kappa shape index (κ1) is 18.2. The van der Waals surface area contributed by atoms with Gasteiger partial charge in [-0.05, 0) is 31.0 Å². The van der Waals surface area contributed by atoms with Gasteiger partial charge in [-0.15, -0.1) is 10.2 Å². The number of nitrogens with one attached hydrogen (secondary N) is 1. The number of amides is 1. The minimum absolute atomic E-state index is 0.0806. The third kappa shape index (κ3) is 2.91. The van der Waals surface area contributed by atoms with E-state index in [-0.39, 0.29) is 22.9 Å². The maximum absolute atomic E-state index is 13.5. The van der Waals surface area contributed by atoms with Crippen LogP contribution in [0.5, 0.6) is 0 Å². The Morgan fingerprint density at radius 1 is 1.29 bits per heavy atom. The van der Waals surface area contributed by atoms with Gasteiger partial charge >= 0.3 is 11.8 Å². The van der Waals surface area contributed by atoms with Crippen molar-refractivity contribution in [3.63, 3.8) is 0 Å². The number of halogens is 2. The topological polar surface area (TPSA) is 105 Å². The predicted octanol–water partition coefficient (Wildman–Crippen LogP) is 3.04. The molecule has 1 amide bonds. The molecule has 0 aromatic carbocycles. The zero-order valence-electron chi connectivity index (χ0n) is 16.2. The third-order valence-electron chi connectivity index (χ3n) is 5.80. The molecule has 0 saturated heterocycles. The van der Waals surface area contributed by atoms with Crippen molar-refractivity contribution in [2.24, 2.45) is 0 Å². The SMILES string of the molecule is O=C(c1nnc(C2CC2)o1)N1CCc2[nH]cnc2[C@@H]1c1cc2c(C(F)F)cccn2n1. The Morgan fingerprint density at radius 2 is 2.16 bits per heavy atom. The maximum Gasteiger partial charge on any atom is 0.312 e. The highest BCUT2D eigenvalue weighted by Crippen LogP contribution is 2.40. The molecule has 0 bridgehead atoms. The lowest BCUT2D eigenvalue weighted by Crippen LogP contribution is -2.41. The summed E-state index contributed by atoms with van der Waals surface area (Å²) in [6, 6.07) is 3.81. The molecule has 158 valence electrons.